The van der Waals surface area contributed by atoms with Crippen LogP contribution in [0.2, 0.25) is 0 Å². The molecule has 7 heteroatoms. The van der Waals surface area contributed by atoms with Crippen LogP contribution in [0.25, 0.3) is 0 Å². The van der Waals surface area contributed by atoms with Gasteiger partial charge in [0.05, 0.1) is 24.6 Å². The van der Waals surface area contributed by atoms with Crippen LogP contribution in [0.1, 0.15) is 24.5 Å². The van der Waals surface area contributed by atoms with Gasteiger partial charge in [-0.15, -0.1) is 0 Å². The fourth-order valence-corrected chi connectivity index (χ4v) is 4.37. The number of anilines is 1. The van der Waals surface area contributed by atoms with Crippen LogP contribution in [-0.2, 0) is 22.7 Å². The first-order valence-corrected chi connectivity index (χ1v) is 12.3. The minimum atomic E-state index is -0.368. The molecule has 0 radical (unpaired) electrons. The Morgan fingerprint density at radius 2 is 1.63 bits per heavy atom. The SMILES string of the molecule is CCCOc1ccc(NC(=O)C=C2SC(=NCc3ccccc3)N(Cc3ccccc3)C2=O)cc1. The maximum absolute atomic E-state index is 13.2. The topological polar surface area (TPSA) is 71.0 Å². The highest BCUT2D eigenvalue weighted by Crippen LogP contribution is 2.32. The molecule has 0 bridgehead atoms. The number of hydrogen-bond donors (Lipinski definition) is 1. The molecular formula is C28H27N3O3S. The van der Waals surface area contributed by atoms with Crippen molar-refractivity contribution in [1.29, 1.82) is 0 Å². The van der Waals surface area contributed by atoms with Crippen molar-refractivity contribution in [2.24, 2.45) is 4.99 Å². The van der Waals surface area contributed by atoms with Crippen molar-refractivity contribution in [2.45, 2.75) is 26.4 Å². The average molecular weight is 486 g/mol. The third-order valence-corrected chi connectivity index (χ3v) is 6.21. The lowest BCUT2D eigenvalue weighted by molar-refractivity contribution is -0.123. The Balaban J connectivity index is 1.49. The van der Waals surface area contributed by atoms with Gasteiger partial charge in [0.15, 0.2) is 5.17 Å². The summed E-state index contributed by atoms with van der Waals surface area (Å²) in [6, 6.07) is 26.8. The van der Waals surface area contributed by atoms with Crippen LogP contribution in [-0.4, -0.2) is 28.5 Å². The molecule has 1 N–H and O–H groups in total. The number of carbonyl (C=O) groups excluding carboxylic acids is 2. The normalized spacial score (nSPS) is 15.6. The molecule has 1 aliphatic rings. The van der Waals surface area contributed by atoms with Crippen LogP contribution in [0.5, 0.6) is 5.75 Å². The fourth-order valence-electron chi connectivity index (χ4n) is 3.43. The summed E-state index contributed by atoms with van der Waals surface area (Å²) in [4.78, 5) is 32.6. The predicted octanol–water partition coefficient (Wildman–Crippen LogP) is 5.63. The van der Waals surface area contributed by atoms with Gasteiger partial charge in [0.25, 0.3) is 5.91 Å². The molecule has 0 atom stereocenters. The Hall–Kier alpha value is -3.84. The zero-order valence-corrected chi connectivity index (χ0v) is 20.3. The van der Waals surface area contributed by atoms with Crippen molar-refractivity contribution in [1.82, 2.24) is 4.90 Å². The largest absolute Gasteiger partial charge is 0.494 e. The Morgan fingerprint density at radius 3 is 2.29 bits per heavy atom. The predicted molar refractivity (Wildman–Crippen MR) is 141 cm³/mol. The Morgan fingerprint density at radius 1 is 0.971 bits per heavy atom. The number of thioether (sulfide) groups is 1. The van der Waals surface area contributed by atoms with Crippen LogP contribution < -0.4 is 10.1 Å². The number of amidine groups is 1. The first-order valence-electron chi connectivity index (χ1n) is 11.5. The van der Waals surface area contributed by atoms with Gasteiger partial charge in [-0.2, -0.15) is 0 Å². The van der Waals surface area contributed by atoms with E-state index in [0.29, 0.717) is 35.5 Å². The van der Waals surface area contributed by atoms with E-state index in [4.69, 9.17) is 9.73 Å². The number of ether oxygens (including phenoxy) is 1. The van der Waals surface area contributed by atoms with E-state index in [1.165, 1.54) is 17.8 Å². The molecular weight excluding hydrogens is 458 g/mol. The summed E-state index contributed by atoms with van der Waals surface area (Å²) in [6.07, 6.45) is 2.27. The quantitative estimate of drug-likeness (QED) is 0.399. The summed E-state index contributed by atoms with van der Waals surface area (Å²) < 4.78 is 5.57. The van der Waals surface area contributed by atoms with Gasteiger partial charge in [0, 0.05) is 11.8 Å². The van der Waals surface area contributed by atoms with E-state index >= 15 is 0 Å². The maximum Gasteiger partial charge on any atom is 0.267 e. The summed E-state index contributed by atoms with van der Waals surface area (Å²) in [5, 5.41) is 3.40. The van der Waals surface area contributed by atoms with E-state index in [1.54, 1.807) is 17.0 Å². The molecule has 0 aromatic heterocycles. The van der Waals surface area contributed by atoms with Crippen LogP contribution in [0.3, 0.4) is 0 Å². The summed E-state index contributed by atoms with van der Waals surface area (Å²) in [6.45, 7) is 3.53. The van der Waals surface area contributed by atoms with Crippen LogP contribution in [0.4, 0.5) is 5.69 Å². The molecule has 1 fully saturated rings. The van der Waals surface area contributed by atoms with Gasteiger partial charge in [0.2, 0.25) is 5.91 Å². The second kappa shape index (κ2) is 12.0. The smallest absolute Gasteiger partial charge is 0.267 e. The van der Waals surface area contributed by atoms with Crippen molar-refractivity contribution in [2.75, 3.05) is 11.9 Å². The highest BCUT2D eigenvalue weighted by molar-refractivity contribution is 8.18. The second-order valence-corrected chi connectivity index (χ2v) is 8.94. The highest BCUT2D eigenvalue weighted by atomic mass is 32.2. The summed E-state index contributed by atoms with van der Waals surface area (Å²) in [5.74, 6) is 0.150. The van der Waals surface area contributed by atoms with Gasteiger partial charge in [-0.3, -0.25) is 19.5 Å². The molecule has 178 valence electrons. The van der Waals surface area contributed by atoms with Crippen molar-refractivity contribution < 1.29 is 14.3 Å². The lowest BCUT2D eigenvalue weighted by Crippen LogP contribution is -2.29. The van der Waals surface area contributed by atoms with Gasteiger partial charge in [0.1, 0.15) is 5.75 Å². The van der Waals surface area contributed by atoms with E-state index in [9.17, 15) is 9.59 Å². The molecule has 35 heavy (non-hydrogen) atoms. The van der Waals surface area contributed by atoms with Crippen molar-refractivity contribution in [3.8, 4) is 5.75 Å². The molecule has 3 aromatic carbocycles. The average Bonchev–Trinajstić information content (AvgIpc) is 3.17. The Labute approximate surface area is 209 Å². The lowest BCUT2D eigenvalue weighted by atomic mass is 10.2. The standard InChI is InChI=1S/C28H27N3O3S/c1-2-17-34-24-15-13-23(14-16-24)30-26(32)18-25-27(33)31(20-22-11-7-4-8-12-22)28(35-25)29-19-21-9-5-3-6-10-21/h3-16,18H,2,17,19-20H2,1H3,(H,30,32). The molecule has 0 aliphatic carbocycles. The molecule has 3 aromatic rings. The van der Waals surface area contributed by atoms with Gasteiger partial charge in [-0.25, -0.2) is 0 Å². The minimum Gasteiger partial charge on any atom is -0.494 e. The molecule has 4 rings (SSSR count). The third kappa shape index (κ3) is 6.83. The van der Waals surface area contributed by atoms with Crippen LogP contribution in [0.15, 0.2) is 101 Å². The van der Waals surface area contributed by atoms with Crippen molar-refractivity contribution in [3.63, 3.8) is 0 Å². The number of nitrogens with one attached hydrogen (secondary N) is 1. The zero-order valence-electron chi connectivity index (χ0n) is 19.5. The molecule has 2 amide bonds. The van der Waals surface area contributed by atoms with Crippen LogP contribution in [0, 0.1) is 0 Å². The number of amides is 2. The van der Waals surface area contributed by atoms with E-state index < -0.39 is 0 Å². The monoisotopic (exact) mass is 485 g/mol. The highest BCUT2D eigenvalue weighted by Gasteiger charge is 2.33. The second-order valence-electron chi connectivity index (χ2n) is 7.93. The zero-order chi connectivity index (χ0) is 24.5. The molecule has 1 aliphatic heterocycles. The number of aliphatic imine (C=N–C) groups is 1. The Kier molecular flexibility index (Phi) is 8.35. The van der Waals surface area contributed by atoms with Gasteiger partial charge < -0.3 is 10.1 Å². The minimum absolute atomic E-state index is 0.232. The maximum atomic E-state index is 13.2. The van der Waals surface area contributed by atoms with E-state index in [-0.39, 0.29) is 11.8 Å². The van der Waals surface area contributed by atoms with E-state index in [1.807, 2.05) is 79.7 Å². The molecule has 1 heterocycles. The first kappa shape index (κ1) is 24.3. The summed E-state index contributed by atoms with van der Waals surface area (Å²) >= 11 is 1.22. The Bertz CT molecular complexity index is 1210. The molecule has 6 nitrogen and oxygen atoms in total. The first-order chi connectivity index (χ1) is 17.1. The number of hydrogen-bond acceptors (Lipinski definition) is 5. The third-order valence-electron chi connectivity index (χ3n) is 5.17. The number of nitrogens with zero attached hydrogens (tertiary/aromatic N) is 2. The molecule has 0 spiro atoms. The number of benzene rings is 3. The number of rotatable bonds is 9. The van der Waals surface area contributed by atoms with Gasteiger partial charge >= 0.3 is 0 Å². The summed E-state index contributed by atoms with van der Waals surface area (Å²) in [7, 11) is 0. The van der Waals surface area contributed by atoms with Crippen molar-refractivity contribution >= 4 is 34.4 Å². The molecule has 0 unspecified atom stereocenters. The number of carbonyl (C=O) groups is 2. The molecule has 1 saturated heterocycles. The van der Waals surface area contributed by atoms with Crippen molar-refractivity contribution in [3.05, 3.63) is 107 Å². The van der Waals surface area contributed by atoms with Gasteiger partial charge in [-0.1, -0.05) is 67.6 Å². The van der Waals surface area contributed by atoms with Crippen LogP contribution >= 0.6 is 11.8 Å². The fraction of sp³-hybridized carbons (Fsp3) is 0.179. The van der Waals surface area contributed by atoms with E-state index in [0.717, 1.165) is 23.3 Å². The molecule has 0 saturated carbocycles. The van der Waals surface area contributed by atoms with E-state index in [2.05, 4.69) is 5.32 Å². The van der Waals surface area contributed by atoms with Gasteiger partial charge in [-0.05, 0) is 53.6 Å². The summed E-state index contributed by atoms with van der Waals surface area (Å²) in [5.41, 5.74) is 2.67. The lowest BCUT2D eigenvalue weighted by Gasteiger charge is -2.15.